The first-order valence-electron chi connectivity index (χ1n) is 12.8. The van der Waals surface area contributed by atoms with Crippen LogP contribution in [-0.2, 0) is 14.3 Å². The molecule has 1 aromatic heterocycles. The number of hydrogen-bond donors (Lipinski definition) is 7. The Kier molecular flexibility index (Phi) is 8.23. The molecule has 224 valence electrons. The van der Waals surface area contributed by atoms with E-state index in [0.29, 0.717) is 5.56 Å². The summed E-state index contributed by atoms with van der Waals surface area (Å²) in [6.07, 6.45) is -6.16. The number of aromatic hydroxyl groups is 4. The first kappa shape index (κ1) is 29.4. The molecule has 0 unspecified atom stereocenters. The number of rotatable bonds is 7. The van der Waals surface area contributed by atoms with Gasteiger partial charge in [-0.05, 0) is 48.0 Å². The Hall–Kier alpha value is -5.08. The van der Waals surface area contributed by atoms with Crippen molar-refractivity contribution in [3.8, 4) is 40.1 Å². The van der Waals surface area contributed by atoms with E-state index in [2.05, 4.69) is 0 Å². The number of phenols is 4. The molecule has 1 fully saturated rings. The van der Waals surface area contributed by atoms with Crippen molar-refractivity contribution in [3.05, 3.63) is 82.5 Å². The molecule has 2 heterocycles. The van der Waals surface area contributed by atoms with E-state index in [1.165, 1.54) is 54.6 Å². The van der Waals surface area contributed by atoms with Crippen LogP contribution in [-0.4, -0.2) is 79.0 Å². The zero-order valence-corrected chi connectivity index (χ0v) is 22.1. The average Bonchev–Trinajstić information content (AvgIpc) is 2.97. The lowest BCUT2D eigenvalue weighted by molar-refractivity contribution is -0.281. The monoisotopic (exact) mass is 594 g/mol. The fraction of sp³-hybridized carbons (Fsp3) is 0.200. The molecule has 7 N–H and O–H groups in total. The second kappa shape index (κ2) is 12.0. The Morgan fingerprint density at radius 1 is 0.884 bits per heavy atom. The van der Waals surface area contributed by atoms with Crippen molar-refractivity contribution in [1.82, 2.24) is 0 Å². The third-order valence-corrected chi connectivity index (χ3v) is 6.66. The Morgan fingerprint density at radius 2 is 1.53 bits per heavy atom. The highest BCUT2D eigenvalue weighted by Crippen LogP contribution is 2.37. The number of esters is 1. The van der Waals surface area contributed by atoms with Crippen molar-refractivity contribution in [2.75, 3.05) is 6.61 Å². The van der Waals surface area contributed by atoms with Gasteiger partial charge in [-0.25, -0.2) is 4.79 Å². The van der Waals surface area contributed by atoms with Crippen LogP contribution in [0, 0.1) is 0 Å². The van der Waals surface area contributed by atoms with Gasteiger partial charge in [0.1, 0.15) is 52.3 Å². The number of aliphatic hydroxyl groups is 3. The molecule has 5 rings (SSSR count). The second-order valence-corrected chi connectivity index (χ2v) is 9.63. The molecule has 1 saturated heterocycles. The van der Waals surface area contributed by atoms with E-state index in [0.717, 1.165) is 18.2 Å². The summed E-state index contributed by atoms with van der Waals surface area (Å²) in [5, 5.41) is 70.2. The fourth-order valence-corrected chi connectivity index (χ4v) is 4.49. The summed E-state index contributed by atoms with van der Waals surface area (Å²) >= 11 is 0. The summed E-state index contributed by atoms with van der Waals surface area (Å²) in [5.41, 5.74) is -0.422. The predicted octanol–water partition coefficient (Wildman–Crippen LogP) is 1.73. The van der Waals surface area contributed by atoms with Crippen molar-refractivity contribution in [3.63, 3.8) is 0 Å². The van der Waals surface area contributed by atoms with Crippen molar-refractivity contribution < 1.29 is 59.2 Å². The highest BCUT2D eigenvalue weighted by atomic mass is 16.7. The molecule has 43 heavy (non-hydrogen) atoms. The third kappa shape index (κ3) is 6.10. The smallest absolute Gasteiger partial charge is 0.331 e. The molecule has 0 aliphatic carbocycles. The minimum atomic E-state index is -1.85. The maximum Gasteiger partial charge on any atom is 0.331 e. The minimum Gasteiger partial charge on any atom is -0.508 e. The molecule has 5 atom stereocenters. The summed E-state index contributed by atoms with van der Waals surface area (Å²) in [4.78, 5) is 26.4. The lowest BCUT2D eigenvalue weighted by Gasteiger charge is -2.41. The summed E-state index contributed by atoms with van der Waals surface area (Å²) in [6.45, 7) is -0.781. The molecular formula is C30H26O13. The van der Waals surface area contributed by atoms with Gasteiger partial charge in [0.25, 0.3) is 0 Å². The number of hydrogen-bond acceptors (Lipinski definition) is 13. The number of carbonyl (C=O) groups is 1. The highest BCUT2D eigenvalue weighted by Gasteiger charge is 2.48. The molecule has 1 aliphatic heterocycles. The lowest BCUT2D eigenvalue weighted by atomic mass is 9.99. The van der Waals surface area contributed by atoms with Crippen molar-refractivity contribution in [2.45, 2.75) is 30.7 Å². The van der Waals surface area contributed by atoms with E-state index < -0.39 is 66.0 Å². The normalized spacial score (nSPS) is 22.1. The SMILES string of the molecule is O=C(C=Cc1ccc(O)cc1)O[C@H]1[C@H](Oc2c(-c3ccc(O)cc3)oc3cc(O)cc(O)c3c2=O)O[C@H](CO)[C@H](O)[C@@H]1O. The molecular weight excluding hydrogens is 568 g/mol. The average molecular weight is 595 g/mol. The summed E-state index contributed by atoms with van der Waals surface area (Å²) in [5.74, 6) is -2.94. The van der Waals surface area contributed by atoms with Gasteiger partial charge in [0.2, 0.25) is 17.5 Å². The number of ether oxygens (including phenoxy) is 3. The van der Waals surface area contributed by atoms with Gasteiger partial charge in [0, 0.05) is 23.8 Å². The maximum absolute atomic E-state index is 13.7. The van der Waals surface area contributed by atoms with Gasteiger partial charge in [0.05, 0.1) is 6.61 Å². The van der Waals surface area contributed by atoms with Crippen LogP contribution >= 0.6 is 0 Å². The molecule has 0 spiro atoms. The third-order valence-electron chi connectivity index (χ3n) is 6.66. The zero-order chi connectivity index (χ0) is 30.8. The topological polar surface area (TPSA) is 217 Å². The van der Waals surface area contributed by atoms with E-state index in [9.17, 15) is 45.3 Å². The lowest BCUT2D eigenvalue weighted by Crippen LogP contribution is -2.61. The van der Waals surface area contributed by atoms with Crippen LogP contribution in [0.25, 0.3) is 28.4 Å². The number of aliphatic hydroxyl groups excluding tert-OH is 3. The van der Waals surface area contributed by atoms with E-state index in [-0.39, 0.29) is 33.8 Å². The Bertz CT molecular complexity index is 1710. The minimum absolute atomic E-state index is 0.0181. The van der Waals surface area contributed by atoms with Gasteiger partial charge in [-0.1, -0.05) is 12.1 Å². The van der Waals surface area contributed by atoms with Crippen LogP contribution in [0.5, 0.6) is 28.7 Å². The van der Waals surface area contributed by atoms with E-state index in [1.807, 2.05) is 0 Å². The van der Waals surface area contributed by atoms with Gasteiger partial charge < -0.3 is 54.4 Å². The largest absolute Gasteiger partial charge is 0.508 e. The van der Waals surface area contributed by atoms with Crippen LogP contribution in [0.2, 0.25) is 0 Å². The van der Waals surface area contributed by atoms with E-state index in [4.69, 9.17) is 18.6 Å². The number of fused-ring (bicyclic) bond motifs is 1. The van der Waals surface area contributed by atoms with Crippen molar-refractivity contribution in [2.24, 2.45) is 0 Å². The molecule has 13 heteroatoms. The van der Waals surface area contributed by atoms with E-state index in [1.54, 1.807) is 0 Å². The summed E-state index contributed by atoms with van der Waals surface area (Å²) in [7, 11) is 0. The van der Waals surface area contributed by atoms with Gasteiger partial charge >= 0.3 is 5.97 Å². The van der Waals surface area contributed by atoms with Gasteiger partial charge in [-0.3, -0.25) is 4.79 Å². The molecule has 0 bridgehead atoms. The Morgan fingerprint density at radius 3 is 2.19 bits per heavy atom. The molecule has 0 radical (unpaired) electrons. The summed E-state index contributed by atoms with van der Waals surface area (Å²) < 4.78 is 22.7. The summed E-state index contributed by atoms with van der Waals surface area (Å²) in [6, 6.07) is 13.2. The molecule has 0 saturated carbocycles. The van der Waals surface area contributed by atoms with Gasteiger partial charge in [-0.15, -0.1) is 0 Å². The molecule has 1 aliphatic rings. The van der Waals surface area contributed by atoms with Crippen LogP contribution in [0.1, 0.15) is 5.56 Å². The number of benzene rings is 3. The number of phenolic OH excluding ortho intramolecular Hbond substituents is 4. The van der Waals surface area contributed by atoms with Crippen LogP contribution in [0.15, 0.2) is 76.0 Å². The van der Waals surface area contributed by atoms with E-state index >= 15 is 0 Å². The second-order valence-electron chi connectivity index (χ2n) is 9.63. The van der Waals surface area contributed by atoms with Crippen LogP contribution < -0.4 is 10.2 Å². The van der Waals surface area contributed by atoms with Crippen molar-refractivity contribution in [1.29, 1.82) is 0 Å². The van der Waals surface area contributed by atoms with Crippen molar-refractivity contribution >= 4 is 23.0 Å². The van der Waals surface area contributed by atoms with Gasteiger partial charge in [-0.2, -0.15) is 0 Å². The van der Waals surface area contributed by atoms with Crippen LogP contribution in [0.4, 0.5) is 0 Å². The Balaban J connectivity index is 1.55. The molecule has 3 aromatic carbocycles. The maximum atomic E-state index is 13.7. The standard InChI is InChI=1S/C30H26O13/c31-13-21-24(37)26(39)29(42-22(36)10-3-14-1-6-16(32)7-2-14)30(41-21)43-28-25(38)23-19(35)11-18(34)12-20(23)40-27(28)15-4-8-17(33)9-5-15/h1-12,21,24,26,29-35,37,39H,13H2/t21-,24+,26+,29-,30+/m1/s1. The molecule has 0 amide bonds. The predicted molar refractivity (Wildman–Crippen MR) is 148 cm³/mol. The zero-order valence-electron chi connectivity index (χ0n) is 22.1. The van der Waals surface area contributed by atoms with Gasteiger partial charge in [0.15, 0.2) is 11.9 Å². The quantitative estimate of drug-likeness (QED) is 0.120. The molecule has 13 nitrogen and oxygen atoms in total. The highest BCUT2D eigenvalue weighted by molar-refractivity contribution is 5.88. The Labute approximate surface area is 242 Å². The number of carbonyl (C=O) groups excluding carboxylic acids is 1. The first-order valence-corrected chi connectivity index (χ1v) is 12.8. The fourth-order valence-electron chi connectivity index (χ4n) is 4.49. The van der Waals surface area contributed by atoms with Crippen LogP contribution in [0.3, 0.4) is 0 Å². The molecule has 4 aromatic rings. The first-order chi connectivity index (χ1) is 20.5.